The highest BCUT2D eigenvalue weighted by Crippen LogP contribution is 2.52. The van der Waals surface area contributed by atoms with E-state index < -0.39 is 0 Å². The number of rotatable bonds is 4. The van der Waals surface area contributed by atoms with Crippen LogP contribution in [-0.4, -0.2) is 6.10 Å². The van der Waals surface area contributed by atoms with E-state index in [-0.39, 0.29) is 11.5 Å². The largest absolute Gasteiger partial charge is 0.490 e. The highest BCUT2D eigenvalue weighted by molar-refractivity contribution is 5.85. The molecule has 34 heavy (non-hydrogen) atoms. The Morgan fingerprint density at radius 3 is 2.44 bits per heavy atom. The lowest BCUT2D eigenvalue weighted by molar-refractivity contribution is 0.145. The Morgan fingerprint density at radius 2 is 1.65 bits per heavy atom. The van der Waals surface area contributed by atoms with Gasteiger partial charge in [-0.1, -0.05) is 74.6 Å². The Kier molecular flexibility index (Phi) is 5.44. The third-order valence-electron chi connectivity index (χ3n) is 8.10. The molecule has 0 saturated heterocycles. The van der Waals surface area contributed by atoms with Crippen LogP contribution in [0.3, 0.4) is 0 Å². The lowest BCUT2D eigenvalue weighted by Crippen LogP contribution is -2.19. The zero-order chi connectivity index (χ0) is 23.1. The van der Waals surface area contributed by atoms with E-state index in [0.29, 0.717) is 0 Å². The van der Waals surface area contributed by atoms with Gasteiger partial charge in [0.1, 0.15) is 6.10 Å². The predicted octanol–water partition coefficient (Wildman–Crippen LogP) is 8.69. The van der Waals surface area contributed by atoms with Gasteiger partial charge < -0.3 is 4.74 Å². The summed E-state index contributed by atoms with van der Waals surface area (Å²) in [5, 5.41) is 0. The Balaban J connectivity index is 1.26. The van der Waals surface area contributed by atoms with Crippen molar-refractivity contribution in [1.29, 1.82) is 0 Å². The maximum Gasteiger partial charge on any atom is 0.121 e. The molecule has 0 aromatic heterocycles. The topological polar surface area (TPSA) is 9.23 Å². The van der Waals surface area contributed by atoms with Gasteiger partial charge in [0.05, 0.1) is 5.76 Å². The van der Waals surface area contributed by atoms with Crippen LogP contribution in [0.15, 0.2) is 101 Å². The van der Waals surface area contributed by atoms with Crippen molar-refractivity contribution < 1.29 is 4.74 Å². The fourth-order valence-corrected chi connectivity index (χ4v) is 6.17. The van der Waals surface area contributed by atoms with E-state index in [4.69, 9.17) is 4.74 Å². The van der Waals surface area contributed by atoms with Crippen molar-refractivity contribution in [2.45, 2.75) is 70.3 Å². The SMILES string of the molecule is CC1(C)C2=C(CCC(C3=CC=CC(OC4=CC=CCC4)C3)=C2)c2ccc(C3=CC=CCC3)cc21. The standard InChI is InChI=1S/C33H34O/c1-33(2)31-21-25(23-10-5-3-6-11-23)16-18-29(31)30-19-17-26(22-32(30)33)24-12-9-15-28(20-24)34-27-13-7-4-8-14-27/h3-5,7,9-10,12-13,15-16,18,21-22,28H,6,8,11,14,17,19-20H2,1-2H3. The highest BCUT2D eigenvalue weighted by Gasteiger charge is 2.38. The van der Waals surface area contributed by atoms with Crippen molar-refractivity contribution in [2.75, 3.05) is 0 Å². The first kappa shape index (κ1) is 21.5. The molecule has 0 spiro atoms. The fraction of sp³-hybridized carbons (Fsp3) is 0.333. The maximum atomic E-state index is 6.34. The van der Waals surface area contributed by atoms with E-state index in [0.717, 1.165) is 50.7 Å². The van der Waals surface area contributed by atoms with Crippen LogP contribution in [0.25, 0.3) is 11.1 Å². The Bertz CT molecular complexity index is 1270. The molecule has 1 aromatic rings. The van der Waals surface area contributed by atoms with Crippen molar-refractivity contribution in [2.24, 2.45) is 0 Å². The number of hydrogen-bond acceptors (Lipinski definition) is 1. The molecule has 0 amide bonds. The minimum absolute atomic E-state index is 0.0393. The molecule has 0 saturated carbocycles. The van der Waals surface area contributed by atoms with Crippen LogP contribution < -0.4 is 0 Å². The Hall–Kier alpha value is -3.06. The lowest BCUT2D eigenvalue weighted by Gasteiger charge is -2.28. The van der Waals surface area contributed by atoms with E-state index in [2.05, 4.69) is 92.8 Å². The molecule has 0 radical (unpaired) electrons. The molecule has 0 N–H and O–H groups in total. The molecule has 0 fully saturated rings. The van der Waals surface area contributed by atoms with Crippen LogP contribution in [-0.2, 0) is 10.2 Å². The van der Waals surface area contributed by atoms with Gasteiger partial charge in [-0.3, -0.25) is 0 Å². The van der Waals surface area contributed by atoms with Crippen LogP contribution in [0.4, 0.5) is 0 Å². The zero-order valence-electron chi connectivity index (χ0n) is 20.4. The van der Waals surface area contributed by atoms with Gasteiger partial charge >= 0.3 is 0 Å². The quantitative estimate of drug-likeness (QED) is 0.449. The van der Waals surface area contributed by atoms with Gasteiger partial charge in [-0.15, -0.1) is 0 Å². The summed E-state index contributed by atoms with van der Waals surface area (Å²) in [7, 11) is 0. The predicted molar refractivity (Wildman–Crippen MR) is 143 cm³/mol. The van der Waals surface area contributed by atoms with Crippen molar-refractivity contribution in [3.05, 3.63) is 118 Å². The molecule has 1 unspecified atom stereocenters. The fourth-order valence-electron chi connectivity index (χ4n) is 6.17. The second-order valence-electron chi connectivity index (χ2n) is 10.6. The van der Waals surface area contributed by atoms with Crippen molar-refractivity contribution in [3.63, 3.8) is 0 Å². The van der Waals surface area contributed by atoms with E-state index in [1.807, 2.05) is 0 Å². The molecule has 172 valence electrons. The number of benzene rings is 1. The second-order valence-corrected chi connectivity index (χ2v) is 10.6. The molecule has 0 bridgehead atoms. The molecular weight excluding hydrogens is 412 g/mol. The molecule has 6 rings (SSSR count). The number of fused-ring (bicyclic) bond motifs is 2. The Labute approximate surface area is 204 Å². The maximum absolute atomic E-state index is 6.34. The molecule has 1 nitrogen and oxygen atoms in total. The summed E-state index contributed by atoms with van der Waals surface area (Å²) in [4.78, 5) is 0. The van der Waals surface area contributed by atoms with Crippen LogP contribution in [0.5, 0.6) is 0 Å². The Morgan fingerprint density at radius 1 is 0.824 bits per heavy atom. The zero-order valence-corrected chi connectivity index (χ0v) is 20.4. The van der Waals surface area contributed by atoms with Gasteiger partial charge in [0.15, 0.2) is 0 Å². The number of hydrogen-bond donors (Lipinski definition) is 0. The third-order valence-corrected chi connectivity index (χ3v) is 8.10. The molecule has 0 aliphatic heterocycles. The van der Waals surface area contributed by atoms with E-state index in [1.165, 1.54) is 39.0 Å². The molecule has 1 atom stereocenters. The average molecular weight is 447 g/mol. The minimum atomic E-state index is 0.0393. The van der Waals surface area contributed by atoms with Crippen LogP contribution >= 0.6 is 0 Å². The molecular formula is C33H34O. The first-order chi connectivity index (χ1) is 16.6. The number of allylic oxidation sites excluding steroid dienone is 14. The van der Waals surface area contributed by atoms with Crippen molar-refractivity contribution >= 4 is 11.1 Å². The van der Waals surface area contributed by atoms with Gasteiger partial charge in [0.25, 0.3) is 0 Å². The van der Waals surface area contributed by atoms with Gasteiger partial charge in [0.2, 0.25) is 0 Å². The van der Waals surface area contributed by atoms with Crippen LogP contribution in [0.1, 0.15) is 75.5 Å². The molecule has 5 aliphatic carbocycles. The summed E-state index contributed by atoms with van der Waals surface area (Å²) >= 11 is 0. The first-order valence-corrected chi connectivity index (χ1v) is 12.9. The summed E-state index contributed by atoms with van der Waals surface area (Å²) in [6, 6.07) is 7.22. The molecule has 1 aromatic carbocycles. The first-order valence-electron chi connectivity index (χ1n) is 12.9. The summed E-state index contributed by atoms with van der Waals surface area (Å²) < 4.78 is 6.34. The van der Waals surface area contributed by atoms with Gasteiger partial charge in [-0.05, 0) is 94.9 Å². The van der Waals surface area contributed by atoms with E-state index in [9.17, 15) is 0 Å². The molecule has 1 heteroatoms. The monoisotopic (exact) mass is 446 g/mol. The van der Waals surface area contributed by atoms with E-state index in [1.54, 1.807) is 5.57 Å². The molecule has 0 heterocycles. The highest BCUT2D eigenvalue weighted by atomic mass is 16.5. The van der Waals surface area contributed by atoms with Gasteiger partial charge in [0, 0.05) is 18.3 Å². The summed E-state index contributed by atoms with van der Waals surface area (Å²) in [6.07, 6.45) is 30.2. The third kappa shape index (κ3) is 3.82. The summed E-state index contributed by atoms with van der Waals surface area (Å²) in [5.41, 5.74) is 11.9. The smallest absolute Gasteiger partial charge is 0.121 e. The minimum Gasteiger partial charge on any atom is -0.490 e. The summed E-state index contributed by atoms with van der Waals surface area (Å²) in [6.45, 7) is 4.83. The normalized spacial score (nSPS) is 24.7. The van der Waals surface area contributed by atoms with Crippen molar-refractivity contribution in [3.8, 4) is 0 Å². The van der Waals surface area contributed by atoms with E-state index >= 15 is 0 Å². The second kappa shape index (κ2) is 8.62. The van der Waals surface area contributed by atoms with Gasteiger partial charge in [-0.2, -0.15) is 0 Å². The summed E-state index contributed by atoms with van der Waals surface area (Å²) in [5.74, 6) is 1.12. The lowest BCUT2D eigenvalue weighted by atomic mass is 9.77. The van der Waals surface area contributed by atoms with Crippen molar-refractivity contribution in [1.82, 2.24) is 0 Å². The number of ether oxygens (including phenoxy) is 1. The van der Waals surface area contributed by atoms with Crippen LogP contribution in [0.2, 0.25) is 0 Å². The van der Waals surface area contributed by atoms with Gasteiger partial charge in [-0.25, -0.2) is 0 Å². The van der Waals surface area contributed by atoms with Crippen LogP contribution in [0, 0.1) is 0 Å². The average Bonchev–Trinajstić information content (AvgIpc) is 3.11. The molecule has 5 aliphatic rings.